The van der Waals surface area contributed by atoms with Crippen LogP contribution < -0.4 is 5.73 Å². The highest BCUT2D eigenvalue weighted by molar-refractivity contribution is 7.80. The summed E-state index contributed by atoms with van der Waals surface area (Å²) < 4.78 is 18.3. The molecule has 0 amide bonds. The molecule has 19 heavy (non-hydrogen) atoms. The number of benzene rings is 1. The molecule has 6 heteroatoms. The first-order chi connectivity index (χ1) is 9.08. The summed E-state index contributed by atoms with van der Waals surface area (Å²) in [4.78, 5) is 2.20. The second-order valence-corrected chi connectivity index (χ2v) is 4.60. The van der Waals surface area contributed by atoms with Gasteiger partial charge in [0.1, 0.15) is 10.8 Å². The molecular formula is C13H19FN2O2S. The summed E-state index contributed by atoms with van der Waals surface area (Å²) in [6.45, 7) is 2.16. The van der Waals surface area contributed by atoms with E-state index in [1.54, 1.807) is 13.2 Å². The predicted octanol–water partition coefficient (Wildman–Crippen LogP) is 0.901. The molecule has 0 atom stereocenters. The highest BCUT2D eigenvalue weighted by Gasteiger charge is 2.11. The van der Waals surface area contributed by atoms with Crippen molar-refractivity contribution < 1.29 is 14.2 Å². The quantitative estimate of drug-likeness (QED) is 0.695. The fourth-order valence-corrected chi connectivity index (χ4v) is 2.01. The first-order valence-corrected chi connectivity index (χ1v) is 6.39. The molecule has 0 saturated heterocycles. The fraction of sp³-hybridized carbons (Fsp3) is 0.462. The van der Waals surface area contributed by atoms with Crippen LogP contribution in [0.3, 0.4) is 0 Å². The second-order valence-electron chi connectivity index (χ2n) is 4.16. The summed E-state index contributed by atoms with van der Waals surface area (Å²) >= 11 is 4.96. The zero-order valence-corrected chi connectivity index (χ0v) is 11.8. The summed E-state index contributed by atoms with van der Waals surface area (Å²) in [5, 5.41) is 9.04. The van der Waals surface area contributed by atoms with Gasteiger partial charge in [0.15, 0.2) is 0 Å². The minimum Gasteiger partial charge on any atom is -0.395 e. The summed E-state index contributed by atoms with van der Waals surface area (Å²) in [6, 6.07) is 4.34. The second kappa shape index (κ2) is 8.16. The number of thiocarbonyl (C=S) groups is 1. The summed E-state index contributed by atoms with van der Waals surface area (Å²) in [5.41, 5.74) is 7.01. The van der Waals surface area contributed by atoms with Crippen molar-refractivity contribution in [1.82, 2.24) is 4.90 Å². The highest BCUT2D eigenvalue weighted by Crippen LogP contribution is 2.14. The predicted molar refractivity (Wildman–Crippen MR) is 76.5 cm³/mol. The lowest BCUT2D eigenvalue weighted by Crippen LogP contribution is -2.31. The molecule has 0 bridgehead atoms. The van der Waals surface area contributed by atoms with E-state index in [-0.39, 0.29) is 17.4 Å². The van der Waals surface area contributed by atoms with Crippen molar-refractivity contribution in [2.45, 2.75) is 6.54 Å². The Morgan fingerprint density at radius 2 is 2.21 bits per heavy atom. The summed E-state index contributed by atoms with van der Waals surface area (Å²) in [7, 11) is 1.61. The number of halogens is 1. The third-order valence-electron chi connectivity index (χ3n) is 2.75. The molecule has 0 aliphatic heterocycles. The molecule has 1 aromatic rings. The van der Waals surface area contributed by atoms with Gasteiger partial charge in [0.05, 0.1) is 13.2 Å². The minimum absolute atomic E-state index is 0.0292. The average molecular weight is 286 g/mol. The van der Waals surface area contributed by atoms with Crippen LogP contribution in [0.2, 0.25) is 0 Å². The number of rotatable bonds is 8. The molecule has 0 spiro atoms. The number of ether oxygens (including phenoxy) is 1. The van der Waals surface area contributed by atoms with E-state index in [1.807, 2.05) is 4.90 Å². The summed E-state index contributed by atoms with van der Waals surface area (Å²) in [6.07, 6.45) is 0. The smallest absolute Gasteiger partial charge is 0.123 e. The zero-order chi connectivity index (χ0) is 14.3. The van der Waals surface area contributed by atoms with Gasteiger partial charge < -0.3 is 15.6 Å². The van der Waals surface area contributed by atoms with Crippen LogP contribution in [0.25, 0.3) is 0 Å². The molecule has 0 saturated carbocycles. The number of hydrogen-bond acceptors (Lipinski definition) is 4. The van der Waals surface area contributed by atoms with Crippen molar-refractivity contribution in [3.8, 4) is 0 Å². The molecule has 3 N–H and O–H groups in total. The molecule has 0 aromatic heterocycles. The van der Waals surface area contributed by atoms with Crippen LogP contribution in [-0.2, 0) is 11.3 Å². The lowest BCUT2D eigenvalue weighted by Gasteiger charge is -2.22. The van der Waals surface area contributed by atoms with E-state index in [1.165, 1.54) is 12.1 Å². The maximum Gasteiger partial charge on any atom is 0.123 e. The SMILES string of the molecule is COCCN(CCO)Cc1cc(F)ccc1C(N)=S. The number of aliphatic hydroxyl groups is 1. The first kappa shape index (κ1) is 16.0. The van der Waals surface area contributed by atoms with Gasteiger partial charge in [-0.3, -0.25) is 4.90 Å². The van der Waals surface area contributed by atoms with E-state index in [9.17, 15) is 4.39 Å². The Bertz CT molecular complexity index is 429. The van der Waals surface area contributed by atoms with E-state index < -0.39 is 0 Å². The Labute approximate surface area is 118 Å². The Morgan fingerprint density at radius 3 is 2.79 bits per heavy atom. The maximum absolute atomic E-state index is 13.3. The number of hydrogen-bond donors (Lipinski definition) is 2. The van der Waals surface area contributed by atoms with Crippen LogP contribution in [0.15, 0.2) is 18.2 Å². The largest absolute Gasteiger partial charge is 0.395 e. The standard InChI is InChI=1S/C13H19FN2O2S/c1-18-7-5-16(4-6-17)9-10-8-11(14)2-3-12(10)13(15)19/h2-3,8,17H,4-7,9H2,1H3,(H2,15,19). The van der Waals surface area contributed by atoms with Crippen molar-refractivity contribution >= 4 is 17.2 Å². The molecule has 4 nitrogen and oxygen atoms in total. The molecular weight excluding hydrogens is 267 g/mol. The number of aliphatic hydroxyl groups excluding tert-OH is 1. The van der Waals surface area contributed by atoms with Crippen LogP contribution in [0, 0.1) is 5.82 Å². The van der Waals surface area contributed by atoms with Gasteiger partial charge in [0.25, 0.3) is 0 Å². The minimum atomic E-state index is -0.328. The number of nitrogens with zero attached hydrogens (tertiary/aromatic N) is 1. The maximum atomic E-state index is 13.3. The van der Waals surface area contributed by atoms with Gasteiger partial charge in [-0.1, -0.05) is 12.2 Å². The van der Waals surface area contributed by atoms with E-state index >= 15 is 0 Å². The van der Waals surface area contributed by atoms with Gasteiger partial charge in [-0.15, -0.1) is 0 Å². The third-order valence-corrected chi connectivity index (χ3v) is 2.97. The molecule has 106 valence electrons. The summed E-state index contributed by atoms with van der Waals surface area (Å²) in [5.74, 6) is -0.328. The molecule has 0 unspecified atom stereocenters. The number of nitrogens with two attached hydrogens (primary N) is 1. The van der Waals surface area contributed by atoms with Crippen LogP contribution in [0.5, 0.6) is 0 Å². The van der Waals surface area contributed by atoms with Crippen LogP contribution in [-0.4, -0.2) is 48.4 Å². The van der Waals surface area contributed by atoms with Gasteiger partial charge in [0.2, 0.25) is 0 Å². The van der Waals surface area contributed by atoms with Crippen LogP contribution in [0.1, 0.15) is 11.1 Å². The third kappa shape index (κ3) is 5.20. The zero-order valence-electron chi connectivity index (χ0n) is 10.9. The van der Waals surface area contributed by atoms with Crippen LogP contribution >= 0.6 is 12.2 Å². The van der Waals surface area contributed by atoms with Crippen molar-refractivity contribution in [2.75, 3.05) is 33.4 Å². The van der Waals surface area contributed by atoms with Gasteiger partial charge >= 0.3 is 0 Å². The molecule has 0 heterocycles. The molecule has 1 aromatic carbocycles. The number of methoxy groups -OCH3 is 1. The Kier molecular flexibility index (Phi) is 6.86. The molecule has 1 rings (SSSR count). The highest BCUT2D eigenvalue weighted by atomic mass is 32.1. The van der Waals surface area contributed by atoms with Gasteiger partial charge in [0, 0.05) is 32.3 Å². The first-order valence-electron chi connectivity index (χ1n) is 5.99. The van der Waals surface area contributed by atoms with Crippen molar-refractivity contribution in [1.29, 1.82) is 0 Å². The van der Waals surface area contributed by atoms with Crippen molar-refractivity contribution in [2.24, 2.45) is 5.73 Å². The van der Waals surface area contributed by atoms with Crippen molar-refractivity contribution in [3.63, 3.8) is 0 Å². The van der Waals surface area contributed by atoms with Gasteiger partial charge in [-0.25, -0.2) is 4.39 Å². The average Bonchev–Trinajstić information content (AvgIpc) is 2.36. The molecule has 0 radical (unpaired) electrons. The van der Waals surface area contributed by atoms with Crippen LogP contribution in [0.4, 0.5) is 4.39 Å². The fourth-order valence-electron chi connectivity index (χ4n) is 1.81. The molecule has 0 aliphatic carbocycles. The van der Waals surface area contributed by atoms with E-state index in [2.05, 4.69) is 0 Å². The Hall–Kier alpha value is -1.08. The van der Waals surface area contributed by atoms with E-state index in [0.29, 0.717) is 31.8 Å². The Morgan fingerprint density at radius 1 is 1.47 bits per heavy atom. The lowest BCUT2D eigenvalue weighted by atomic mass is 10.1. The van der Waals surface area contributed by atoms with E-state index in [0.717, 1.165) is 5.56 Å². The van der Waals surface area contributed by atoms with Crippen molar-refractivity contribution in [3.05, 3.63) is 35.1 Å². The topological polar surface area (TPSA) is 58.7 Å². The monoisotopic (exact) mass is 286 g/mol. The normalized spacial score (nSPS) is 10.9. The van der Waals surface area contributed by atoms with E-state index in [4.69, 9.17) is 27.8 Å². The van der Waals surface area contributed by atoms with Gasteiger partial charge in [-0.2, -0.15) is 0 Å². The Balaban J connectivity index is 2.87. The molecule has 0 aliphatic rings. The molecule has 0 fully saturated rings. The lowest BCUT2D eigenvalue weighted by molar-refractivity contribution is 0.127. The van der Waals surface area contributed by atoms with Gasteiger partial charge in [-0.05, 0) is 23.8 Å².